The number of thiophene rings is 1. The van der Waals surface area contributed by atoms with Gasteiger partial charge in [-0.25, -0.2) is 4.98 Å². The van der Waals surface area contributed by atoms with Crippen molar-refractivity contribution in [2.75, 3.05) is 0 Å². The van der Waals surface area contributed by atoms with E-state index in [9.17, 15) is 4.79 Å². The van der Waals surface area contributed by atoms with Gasteiger partial charge in [0.25, 0.3) is 0 Å². The highest BCUT2D eigenvalue weighted by Gasteiger charge is 2.14. The van der Waals surface area contributed by atoms with E-state index in [-0.39, 0.29) is 13.0 Å². The van der Waals surface area contributed by atoms with E-state index in [1.54, 1.807) is 6.07 Å². The summed E-state index contributed by atoms with van der Waals surface area (Å²) in [6.45, 7) is 0.0590. The summed E-state index contributed by atoms with van der Waals surface area (Å²) in [4.78, 5) is 17.2. The number of oxazole rings is 1. The number of fused-ring (bicyclic) bond motifs is 1. The van der Waals surface area contributed by atoms with E-state index in [0.29, 0.717) is 22.9 Å². The second kappa shape index (κ2) is 6.29. The Bertz CT molecular complexity index is 971. The van der Waals surface area contributed by atoms with Gasteiger partial charge in [0.1, 0.15) is 24.3 Å². The molecule has 6 nitrogen and oxygen atoms in total. The van der Waals surface area contributed by atoms with Crippen LogP contribution in [0.1, 0.15) is 11.4 Å². The summed E-state index contributed by atoms with van der Waals surface area (Å²) in [6.07, 6.45) is 1.54. The number of aromatic nitrogens is 2. The lowest BCUT2D eigenvalue weighted by Crippen LogP contribution is -2.08. The van der Waals surface area contributed by atoms with Crippen LogP contribution in [0.5, 0.6) is 0 Å². The first kappa shape index (κ1) is 14.6. The number of nitrogens with zero attached hydrogens (tertiary/aromatic N) is 2. The lowest BCUT2D eigenvalue weighted by molar-refractivity contribution is -0.144. The maximum atomic E-state index is 12.0. The van der Waals surface area contributed by atoms with Gasteiger partial charge < -0.3 is 13.7 Å². The van der Waals surface area contributed by atoms with Crippen molar-refractivity contribution in [3.63, 3.8) is 0 Å². The minimum Gasteiger partial charge on any atom is -0.459 e. The molecule has 0 atom stereocenters. The van der Waals surface area contributed by atoms with Gasteiger partial charge in [0.2, 0.25) is 5.89 Å². The predicted octanol–water partition coefficient (Wildman–Crippen LogP) is 3.83. The fraction of sp³-hybridized carbons (Fsp3) is 0.118. The molecule has 7 heteroatoms. The molecule has 120 valence electrons. The topological polar surface area (TPSA) is 78.4 Å². The Hall–Kier alpha value is -2.93. The summed E-state index contributed by atoms with van der Waals surface area (Å²) in [5.74, 6) is 0.133. The van der Waals surface area contributed by atoms with Gasteiger partial charge in [-0.15, -0.1) is 11.3 Å². The number of hydrogen-bond acceptors (Lipinski definition) is 7. The molecule has 0 bridgehead atoms. The maximum Gasteiger partial charge on any atom is 0.312 e. The Kier molecular flexibility index (Phi) is 3.84. The molecule has 0 aliphatic heterocycles. The summed E-state index contributed by atoms with van der Waals surface area (Å²) < 4.78 is 15.8. The van der Waals surface area contributed by atoms with E-state index in [1.807, 2.05) is 35.7 Å². The van der Waals surface area contributed by atoms with Crippen molar-refractivity contribution in [1.29, 1.82) is 0 Å². The van der Waals surface area contributed by atoms with Gasteiger partial charge in [-0.3, -0.25) is 4.79 Å². The summed E-state index contributed by atoms with van der Waals surface area (Å²) in [7, 11) is 0. The first-order chi connectivity index (χ1) is 11.8. The molecule has 0 saturated carbocycles. The molecule has 0 radical (unpaired) electrons. The quantitative estimate of drug-likeness (QED) is 0.514. The lowest BCUT2D eigenvalue weighted by atomic mass is 10.2. The number of ether oxygens (including phenoxy) is 1. The molecule has 4 aromatic rings. The van der Waals surface area contributed by atoms with E-state index in [4.69, 9.17) is 13.7 Å². The molecule has 0 spiro atoms. The SMILES string of the molecule is O=C(Cc1noc2ccccc12)OCc1coc(-c2cccs2)n1. The number of rotatable bonds is 5. The third-order valence-corrected chi connectivity index (χ3v) is 4.29. The van der Waals surface area contributed by atoms with Crippen LogP contribution in [0.15, 0.2) is 57.0 Å². The van der Waals surface area contributed by atoms with Crippen molar-refractivity contribution < 1.29 is 18.5 Å². The highest BCUT2D eigenvalue weighted by Crippen LogP contribution is 2.24. The largest absolute Gasteiger partial charge is 0.459 e. The summed E-state index contributed by atoms with van der Waals surface area (Å²) >= 11 is 1.53. The third kappa shape index (κ3) is 2.93. The van der Waals surface area contributed by atoms with Crippen LogP contribution < -0.4 is 0 Å². The normalized spacial score (nSPS) is 11.0. The zero-order chi connectivity index (χ0) is 16.4. The Morgan fingerprint density at radius 2 is 2.12 bits per heavy atom. The van der Waals surface area contributed by atoms with Crippen molar-refractivity contribution in [3.05, 3.63) is 59.4 Å². The first-order valence-electron chi connectivity index (χ1n) is 7.27. The molecule has 0 amide bonds. The van der Waals surface area contributed by atoms with E-state index >= 15 is 0 Å². The summed E-state index contributed by atoms with van der Waals surface area (Å²) in [5, 5.41) is 6.68. The molecular formula is C17H12N2O4S. The molecule has 0 unspecified atom stereocenters. The van der Waals surface area contributed by atoms with Crippen molar-refractivity contribution in [2.24, 2.45) is 0 Å². The van der Waals surface area contributed by atoms with Crippen LogP contribution in [0.3, 0.4) is 0 Å². The first-order valence-corrected chi connectivity index (χ1v) is 8.15. The number of para-hydroxylation sites is 1. The second-order valence-corrected chi connectivity index (χ2v) is 6.03. The number of carbonyl (C=O) groups is 1. The lowest BCUT2D eigenvalue weighted by Gasteiger charge is -2.00. The Balaban J connectivity index is 1.38. The molecule has 0 saturated heterocycles. The zero-order valence-corrected chi connectivity index (χ0v) is 13.3. The highest BCUT2D eigenvalue weighted by molar-refractivity contribution is 7.13. The highest BCUT2D eigenvalue weighted by atomic mass is 32.1. The van der Waals surface area contributed by atoms with Crippen LogP contribution in [-0.2, 0) is 22.6 Å². The summed E-state index contributed by atoms with van der Waals surface area (Å²) in [5.41, 5.74) is 1.78. The number of benzene rings is 1. The monoisotopic (exact) mass is 340 g/mol. The Morgan fingerprint density at radius 3 is 3.00 bits per heavy atom. The number of carbonyl (C=O) groups excluding carboxylic acids is 1. The van der Waals surface area contributed by atoms with Crippen LogP contribution in [0, 0.1) is 0 Å². The molecule has 0 aliphatic rings. The van der Waals surface area contributed by atoms with Crippen LogP contribution in [-0.4, -0.2) is 16.1 Å². The van der Waals surface area contributed by atoms with Crippen molar-refractivity contribution in [1.82, 2.24) is 10.1 Å². The minimum atomic E-state index is -0.394. The van der Waals surface area contributed by atoms with Gasteiger partial charge in [0.05, 0.1) is 11.3 Å². The van der Waals surface area contributed by atoms with Crippen molar-refractivity contribution >= 4 is 28.3 Å². The average Bonchev–Trinajstić information content (AvgIpc) is 3.34. The van der Waals surface area contributed by atoms with Crippen LogP contribution in [0.2, 0.25) is 0 Å². The number of hydrogen-bond donors (Lipinski definition) is 0. The zero-order valence-electron chi connectivity index (χ0n) is 12.5. The molecule has 0 aliphatic carbocycles. The van der Waals surface area contributed by atoms with Crippen LogP contribution >= 0.6 is 11.3 Å². The standard InChI is InChI=1S/C17H12N2O4S/c20-16(8-13-12-4-1-2-5-14(12)23-19-13)21-9-11-10-22-17(18-11)15-6-3-7-24-15/h1-7,10H,8-9H2. The summed E-state index contributed by atoms with van der Waals surface area (Å²) in [6, 6.07) is 11.2. The fourth-order valence-corrected chi connectivity index (χ4v) is 2.95. The van der Waals surface area contributed by atoms with Gasteiger partial charge in [-0.1, -0.05) is 23.4 Å². The molecule has 0 fully saturated rings. The number of esters is 1. The van der Waals surface area contributed by atoms with E-state index in [1.165, 1.54) is 17.6 Å². The molecule has 24 heavy (non-hydrogen) atoms. The van der Waals surface area contributed by atoms with Gasteiger partial charge >= 0.3 is 5.97 Å². The Morgan fingerprint density at radius 1 is 1.21 bits per heavy atom. The second-order valence-electron chi connectivity index (χ2n) is 5.08. The molecular weight excluding hydrogens is 328 g/mol. The molecule has 3 heterocycles. The third-order valence-electron chi connectivity index (χ3n) is 3.43. The Labute approximate surface area is 140 Å². The fourth-order valence-electron chi connectivity index (χ4n) is 2.29. The average molecular weight is 340 g/mol. The van der Waals surface area contributed by atoms with Gasteiger partial charge in [0.15, 0.2) is 5.58 Å². The molecule has 3 aromatic heterocycles. The van der Waals surface area contributed by atoms with Crippen LogP contribution in [0.25, 0.3) is 21.7 Å². The smallest absolute Gasteiger partial charge is 0.312 e. The molecule has 4 rings (SSSR count). The van der Waals surface area contributed by atoms with Crippen LogP contribution in [0.4, 0.5) is 0 Å². The maximum absolute atomic E-state index is 12.0. The van der Waals surface area contributed by atoms with E-state index in [2.05, 4.69) is 10.1 Å². The van der Waals surface area contributed by atoms with E-state index in [0.717, 1.165) is 10.3 Å². The minimum absolute atomic E-state index is 0.0483. The van der Waals surface area contributed by atoms with Gasteiger partial charge in [0, 0.05) is 5.39 Å². The van der Waals surface area contributed by atoms with Gasteiger partial charge in [-0.05, 0) is 23.6 Å². The molecule has 0 N–H and O–H groups in total. The van der Waals surface area contributed by atoms with Crippen molar-refractivity contribution in [3.8, 4) is 10.8 Å². The molecule has 1 aromatic carbocycles. The van der Waals surface area contributed by atoms with Crippen molar-refractivity contribution in [2.45, 2.75) is 13.0 Å². The van der Waals surface area contributed by atoms with Gasteiger partial charge in [-0.2, -0.15) is 0 Å². The van der Waals surface area contributed by atoms with E-state index < -0.39 is 5.97 Å². The predicted molar refractivity (Wildman–Crippen MR) is 87.3 cm³/mol.